The molecule has 5 heteroatoms. The number of halogens is 1. The normalized spacial score (nSPS) is 22.6. The molecule has 1 amide bonds. The summed E-state index contributed by atoms with van der Waals surface area (Å²) in [5, 5.41) is 13.1. The summed E-state index contributed by atoms with van der Waals surface area (Å²) in [6, 6.07) is 5.97. The molecule has 1 aliphatic carbocycles. The van der Waals surface area contributed by atoms with Crippen molar-refractivity contribution in [2.45, 2.75) is 57.8 Å². The number of amides is 1. The smallest absolute Gasteiger partial charge is 0.408 e. The van der Waals surface area contributed by atoms with Crippen molar-refractivity contribution in [1.82, 2.24) is 5.32 Å². The highest BCUT2D eigenvalue weighted by atomic mass is 79.9. The largest absolute Gasteiger partial charge is 0.444 e. The fourth-order valence-corrected chi connectivity index (χ4v) is 3.23. The average molecular weight is 356 g/mol. The molecule has 0 saturated carbocycles. The number of hydrogen-bond donors (Lipinski definition) is 2. The van der Waals surface area contributed by atoms with Crippen molar-refractivity contribution in [2.24, 2.45) is 0 Å². The minimum Gasteiger partial charge on any atom is -0.444 e. The summed E-state index contributed by atoms with van der Waals surface area (Å²) < 4.78 is 6.34. The lowest BCUT2D eigenvalue weighted by molar-refractivity contribution is 0.0276. The molecule has 1 unspecified atom stereocenters. The molecule has 0 spiro atoms. The number of alkyl carbamates (subject to hydrolysis) is 1. The Kier molecular flexibility index (Phi) is 4.36. The number of aliphatic hydroxyl groups excluding tert-OH is 1. The maximum absolute atomic E-state index is 12.1. The van der Waals surface area contributed by atoms with Gasteiger partial charge in [-0.2, -0.15) is 0 Å². The number of rotatable bonds is 2. The lowest BCUT2D eigenvalue weighted by atomic mass is 9.90. The maximum Gasteiger partial charge on any atom is 0.408 e. The molecular formula is C16H22BrNO3. The van der Waals surface area contributed by atoms with E-state index in [2.05, 4.69) is 21.2 Å². The number of carbonyl (C=O) groups excluding carboxylic acids is 1. The summed E-state index contributed by atoms with van der Waals surface area (Å²) in [7, 11) is 0. The molecule has 2 rings (SSSR count). The van der Waals surface area contributed by atoms with E-state index >= 15 is 0 Å². The highest BCUT2D eigenvalue weighted by Crippen LogP contribution is 2.36. The summed E-state index contributed by atoms with van der Waals surface area (Å²) in [4.78, 5) is 12.1. The van der Waals surface area contributed by atoms with Crippen molar-refractivity contribution in [3.05, 3.63) is 33.8 Å². The van der Waals surface area contributed by atoms with Crippen LogP contribution in [-0.4, -0.2) is 28.4 Å². The molecule has 0 aliphatic heterocycles. The van der Waals surface area contributed by atoms with Gasteiger partial charge in [0, 0.05) is 4.47 Å². The molecule has 0 saturated heterocycles. The summed E-state index contributed by atoms with van der Waals surface area (Å²) in [5.74, 6) is 0. The maximum atomic E-state index is 12.1. The Bertz CT molecular complexity index is 551. The zero-order valence-corrected chi connectivity index (χ0v) is 14.5. The third-order valence-electron chi connectivity index (χ3n) is 3.76. The number of hydrogen-bond acceptors (Lipinski definition) is 3. The van der Waals surface area contributed by atoms with Crippen LogP contribution in [0.2, 0.25) is 0 Å². The number of aliphatic hydroxyl groups is 1. The molecule has 0 radical (unpaired) electrons. The van der Waals surface area contributed by atoms with Crippen LogP contribution in [0.3, 0.4) is 0 Å². The molecule has 0 fully saturated rings. The van der Waals surface area contributed by atoms with Crippen LogP contribution in [0.5, 0.6) is 0 Å². The lowest BCUT2D eigenvalue weighted by Gasteiger charge is -2.34. The van der Waals surface area contributed by atoms with Gasteiger partial charge in [-0.05, 0) is 57.7 Å². The minimum atomic E-state index is -0.714. The fourth-order valence-electron chi connectivity index (χ4n) is 2.68. The van der Waals surface area contributed by atoms with Gasteiger partial charge in [0.05, 0.1) is 11.6 Å². The number of ether oxygens (including phenoxy) is 1. The molecule has 1 aliphatic rings. The Labute approximate surface area is 134 Å². The molecule has 2 N–H and O–H groups in total. The van der Waals surface area contributed by atoms with E-state index in [9.17, 15) is 9.90 Å². The van der Waals surface area contributed by atoms with Gasteiger partial charge in [-0.3, -0.25) is 0 Å². The van der Waals surface area contributed by atoms with Crippen LogP contribution in [0.4, 0.5) is 4.79 Å². The van der Waals surface area contributed by atoms with Gasteiger partial charge in [0.2, 0.25) is 0 Å². The van der Waals surface area contributed by atoms with Gasteiger partial charge < -0.3 is 15.2 Å². The van der Waals surface area contributed by atoms with E-state index in [-0.39, 0.29) is 0 Å². The molecule has 4 nitrogen and oxygen atoms in total. The van der Waals surface area contributed by atoms with Crippen LogP contribution in [-0.2, 0) is 17.6 Å². The van der Waals surface area contributed by atoms with Crippen molar-refractivity contribution >= 4 is 22.0 Å². The Hall–Kier alpha value is -1.07. The molecule has 21 heavy (non-hydrogen) atoms. The van der Waals surface area contributed by atoms with Crippen molar-refractivity contribution in [2.75, 3.05) is 0 Å². The zero-order valence-electron chi connectivity index (χ0n) is 12.9. The summed E-state index contributed by atoms with van der Waals surface area (Å²) in [6.45, 7) is 7.17. The second-order valence-corrected chi connectivity index (χ2v) is 7.54. The van der Waals surface area contributed by atoms with Crippen molar-refractivity contribution < 1.29 is 14.6 Å². The molecule has 0 aromatic heterocycles. The van der Waals surface area contributed by atoms with Crippen LogP contribution in [0.25, 0.3) is 0 Å². The van der Waals surface area contributed by atoms with Gasteiger partial charge in [-0.1, -0.05) is 28.1 Å². The van der Waals surface area contributed by atoms with Crippen molar-refractivity contribution in [3.8, 4) is 0 Å². The first-order valence-corrected chi connectivity index (χ1v) is 7.88. The van der Waals surface area contributed by atoms with E-state index in [1.165, 1.54) is 0 Å². The lowest BCUT2D eigenvalue weighted by Crippen LogP contribution is -2.57. The van der Waals surface area contributed by atoms with Gasteiger partial charge in [0.15, 0.2) is 0 Å². The van der Waals surface area contributed by atoms with Crippen LogP contribution in [0.1, 0.15) is 38.8 Å². The third kappa shape index (κ3) is 3.58. The first-order chi connectivity index (χ1) is 9.63. The molecule has 1 aromatic rings. The minimum absolute atomic E-state index is 0.493. The first kappa shape index (κ1) is 16.3. The number of carbonyl (C=O) groups is 1. The Morgan fingerprint density at radius 1 is 1.43 bits per heavy atom. The quantitative estimate of drug-likeness (QED) is 0.856. The average Bonchev–Trinajstić information content (AvgIpc) is 2.67. The van der Waals surface area contributed by atoms with E-state index in [4.69, 9.17) is 4.74 Å². The van der Waals surface area contributed by atoms with Gasteiger partial charge in [-0.25, -0.2) is 4.79 Å². The molecule has 0 heterocycles. The highest BCUT2D eigenvalue weighted by molar-refractivity contribution is 9.10. The van der Waals surface area contributed by atoms with Crippen LogP contribution < -0.4 is 5.32 Å². The predicted molar refractivity (Wildman–Crippen MR) is 85.3 cm³/mol. The number of benzene rings is 1. The van der Waals surface area contributed by atoms with Gasteiger partial charge >= 0.3 is 6.09 Å². The SMILES string of the molecule is CC(O)[C@]1(NC(=O)OC(C)(C)C)Cc2cccc(Br)c2C1. The van der Waals surface area contributed by atoms with E-state index in [0.717, 1.165) is 15.6 Å². The molecule has 1 aromatic carbocycles. The number of nitrogens with one attached hydrogen (secondary N) is 1. The monoisotopic (exact) mass is 355 g/mol. The van der Waals surface area contributed by atoms with Gasteiger partial charge in [0.25, 0.3) is 0 Å². The van der Waals surface area contributed by atoms with E-state index in [0.29, 0.717) is 12.8 Å². The van der Waals surface area contributed by atoms with E-state index < -0.39 is 23.3 Å². The fraction of sp³-hybridized carbons (Fsp3) is 0.562. The summed E-state index contributed by atoms with van der Waals surface area (Å²) >= 11 is 3.54. The summed E-state index contributed by atoms with van der Waals surface area (Å²) in [5.41, 5.74) is 1.00. The standard InChI is InChI=1S/C16H22BrNO3/c1-10(19)16(18-14(20)21-15(2,3)4)8-11-6-5-7-13(17)12(11)9-16/h5-7,10,19H,8-9H2,1-4H3,(H,18,20)/t10?,16-/m0/s1. The third-order valence-corrected chi connectivity index (χ3v) is 4.51. The zero-order chi connectivity index (χ0) is 15.8. The Morgan fingerprint density at radius 2 is 2.10 bits per heavy atom. The molecule has 116 valence electrons. The Balaban J connectivity index is 2.22. The van der Waals surface area contributed by atoms with E-state index in [1.807, 2.05) is 39.0 Å². The Morgan fingerprint density at radius 3 is 2.62 bits per heavy atom. The molecule has 0 bridgehead atoms. The van der Waals surface area contributed by atoms with Crippen LogP contribution in [0.15, 0.2) is 22.7 Å². The van der Waals surface area contributed by atoms with Crippen molar-refractivity contribution in [1.29, 1.82) is 0 Å². The van der Waals surface area contributed by atoms with Crippen LogP contribution in [0, 0.1) is 0 Å². The van der Waals surface area contributed by atoms with Crippen molar-refractivity contribution in [3.63, 3.8) is 0 Å². The molecular weight excluding hydrogens is 334 g/mol. The second kappa shape index (κ2) is 5.61. The first-order valence-electron chi connectivity index (χ1n) is 7.08. The topological polar surface area (TPSA) is 58.6 Å². The second-order valence-electron chi connectivity index (χ2n) is 6.69. The number of fused-ring (bicyclic) bond motifs is 1. The summed E-state index contributed by atoms with van der Waals surface area (Å²) in [6.07, 6.45) is 0.0101. The predicted octanol–water partition coefficient (Wildman–Crippen LogP) is 3.19. The van der Waals surface area contributed by atoms with Gasteiger partial charge in [0.1, 0.15) is 5.60 Å². The molecule has 2 atom stereocenters. The highest BCUT2D eigenvalue weighted by Gasteiger charge is 2.44. The van der Waals surface area contributed by atoms with Crippen LogP contribution >= 0.6 is 15.9 Å². The van der Waals surface area contributed by atoms with Gasteiger partial charge in [-0.15, -0.1) is 0 Å². The van der Waals surface area contributed by atoms with E-state index in [1.54, 1.807) is 6.92 Å².